The lowest BCUT2D eigenvalue weighted by molar-refractivity contribution is -0.383. The Morgan fingerprint density at radius 2 is 2.05 bits per heavy atom. The molecular weight excluding hydrogens is 290 g/mol. The van der Waals surface area contributed by atoms with Crippen molar-refractivity contribution in [1.29, 1.82) is 0 Å². The van der Waals surface area contributed by atoms with Crippen LogP contribution in [-0.2, 0) is 9.59 Å². The van der Waals surface area contributed by atoms with Gasteiger partial charge in [0.15, 0.2) is 0 Å². The van der Waals surface area contributed by atoms with Gasteiger partial charge in [-0.1, -0.05) is 12.1 Å². The molecule has 0 bridgehead atoms. The fraction of sp³-hybridized carbons (Fsp3) is 0.429. The third kappa shape index (κ3) is 3.94. The Hall–Kier alpha value is -2.64. The van der Waals surface area contributed by atoms with Crippen LogP contribution in [0.2, 0.25) is 0 Å². The molecule has 0 radical (unpaired) electrons. The highest BCUT2D eigenvalue weighted by molar-refractivity contribution is 5.82. The first-order valence-corrected chi connectivity index (χ1v) is 6.97. The fourth-order valence-electron chi connectivity index (χ4n) is 2.57. The van der Waals surface area contributed by atoms with Crippen LogP contribution in [0, 0.1) is 16.0 Å². The van der Waals surface area contributed by atoms with E-state index in [1.807, 2.05) is 0 Å². The standard InChI is InChI=1S/C14H17N3O5/c18-13(16-10-6-5-9(7-10)14(19)20)8-15-11-3-1-2-4-12(11)17(21)22/h1-4,9-10,15H,5-8H2,(H,16,18)(H,19,20)/t9-,10+/m1/s1. The number of carbonyl (C=O) groups is 2. The highest BCUT2D eigenvalue weighted by Gasteiger charge is 2.30. The minimum Gasteiger partial charge on any atom is -0.481 e. The minimum absolute atomic E-state index is 0.0953. The molecule has 1 aliphatic carbocycles. The summed E-state index contributed by atoms with van der Waals surface area (Å²) in [6, 6.07) is 5.92. The van der Waals surface area contributed by atoms with Crippen LogP contribution in [0.15, 0.2) is 24.3 Å². The average molecular weight is 307 g/mol. The smallest absolute Gasteiger partial charge is 0.306 e. The van der Waals surface area contributed by atoms with Crippen molar-refractivity contribution in [2.24, 2.45) is 5.92 Å². The van der Waals surface area contributed by atoms with Gasteiger partial charge in [-0.05, 0) is 25.3 Å². The molecule has 1 fully saturated rings. The number of anilines is 1. The maximum absolute atomic E-state index is 11.8. The lowest BCUT2D eigenvalue weighted by Gasteiger charge is -2.13. The van der Waals surface area contributed by atoms with E-state index < -0.39 is 16.8 Å². The van der Waals surface area contributed by atoms with E-state index in [-0.39, 0.29) is 29.9 Å². The number of nitrogens with zero attached hydrogens (tertiary/aromatic N) is 1. The molecule has 22 heavy (non-hydrogen) atoms. The molecule has 8 heteroatoms. The molecule has 1 amide bonds. The summed E-state index contributed by atoms with van der Waals surface area (Å²) < 4.78 is 0. The van der Waals surface area contributed by atoms with Gasteiger partial charge in [-0.3, -0.25) is 19.7 Å². The van der Waals surface area contributed by atoms with E-state index in [1.165, 1.54) is 12.1 Å². The number of carboxylic acids is 1. The molecule has 0 aliphatic heterocycles. The van der Waals surface area contributed by atoms with Crippen LogP contribution in [0.1, 0.15) is 19.3 Å². The summed E-state index contributed by atoms with van der Waals surface area (Å²) >= 11 is 0. The quantitative estimate of drug-likeness (QED) is 0.539. The monoisotopic (exact) mass is 307 g/mol. The Kier molecular flexibility index (Phi) is 4.92. The third-order valence-corrected chi connectivity index (χ3v) is 3.69. The summed E-state index contributed by atoms with van der Waals surface area (Å²) in [7, 11) is 0. The van der Waals surface area contributed by atoms with Crippen molar-refractivity contribution >= 4 is 23.3 Å². The van der Waals surface area contributed by atoms with E-state index in [9.17, 15) is 19.7 Å². The predicted octanol–water partition coefficient (Wildman–Crippen LogP) is 1.38. The molecule has 118 valence electrons. The average Bonchev–Trinajstić information content (AvgIpc) is 2.94. The van der Waals surface area contributed by atoms with Crippen molar-refractivity contribution in [3.8, 4) is 0 Å². The van der Waals surface area contributed by atoms with E-state index in [2.05, 4.69) is 10.6 Å². The molecule has 1 aromatic carbocycles. The molecule has 1 aliphatic rings. The molecule has 0 aromatic heterocycles. The zero-order valence-corrected chi connectivity index (χ0v) is 11.8. The second-order valence-electron chi connectivity index (χ2n) is 5.24. The molecule has 3 N–H and O–H groups in total. The van der Waals surface area contributed by atoms with Crippen molar-refractivity contribution in [3.63, 3.8) is 0 Å². The first-order valence-electron chi connectivity index (χ1n) is 6.97. The van der Waals surface area contributed by atoms with Crippen molar-refractivity contribution in [1.82, 2.24) is 5.32 Å². The number of benzene rings is 1. The largest absolute Gasteiger partial charge is 0.481 e. The molecule has 1 aromatic rings. The Morgan fingerprint density at radius 1 is 1.32 bits per heavy atom. The van der Waals surface area contributed by atoms with Crippen LogP contribution in [-0.4, -0.2) is 34.5 Å². The summed E-state index contributed by atoms with van der Waals surface area (Å²) in [5.41, 5.74) is 0.180. The number of nitro benzene ring substituents is 1. The van der Waals surface area contributed by atoms with Gasteiger partial charge in [-0.25, -0.2) is 0 Å². The molecule has 2 atom stereocenters. The second kappa shape index (κ2) is 6.88. The van der Waals surface area contributed by atoms with E-state index in [1.54, 1.807) is 12.1 Å². The lowest BCUT2D eigenvalue weighted by atomic mass is 10.1. The molecule has 1 saturated carbocycles. The first kappa shape index (κ1) is 15.7. The summed E-state index contributed by atoms with van der Waals surface area (Å²) in [6.45, 7) is -0.0981. The summed E-state index contributed by atoms with van der Waals surface area (Å²) in [6.07, 6.45) is 1.61. The zero-order valence-electron chi connectivity index (χ0n) is 11.8. The molecule has 8 nitrogen and oxygen atoms in total. The maximum atomic E-state index is 11.8. The van der Waals surface area contributed by atoms with Crippen LogP contribution in [0.3, 0.4) is 0 Å². The van der Waals surface area contributed by atoms with E-state index in [4.69, 9.17) is 5.11 Å². The van der Waals surface area contributed by atoms with E-state index >= 15 is 0 Å². The van der Waals surface area contributed by atoms with Crippen LogP contribution in [0.25, 0.3) is 0 Å². The van der Waals surface area contributed by atoms with Gasteiger partial charge in [0, 0.05) is 12.1 Å². The minimum atomic E-state index is -0.838. The predicted molar refractivity (Wildman–Crippen MR) is 78.5 cm³/mol. The topological polar surface area (TPSA) is 122 Å². The van der Waals surface area contributed by atoms with Gasteiger partial charge in [0.1, 0.15) is 5.69 Å². The highest BCUT2D eigenvalue weighted by atomic mass is 16.6. The number of carbonyl (C=O) groups excluding carboxylic acids is 1. The summed E-state index contributed by atoms with van der Waals surface area (Å²) in [5, 5.41) is 25.2. The molecule has 0 saturated heterocycles. The second-order valence-corrected chi connectivity index (χ2v) is 5.24. The number of carboxylic acid groups (broad SMARTS) is 1. The lowest BCUT2D eigenvalue weighted by Crippen LogP contribution is -2.37. The number of nitrogens with one attached hydrogen (secondary N) is 2. The molecule has 0 unspecified atom stereocenters. The SMILES string of the molecule is O=C(CNc1ccccc1[N+](=O)[O-])N[C@H]1CC[C@@H](C(=O)O)C1. The van der Waals surface area contributed by atoms with Gasteiger partial charge in [0.25, 0.3) is 5.69 Å². The van der Waals surface area contributed by atoms with Gasteiger partial charge < -0.3 is 15.7 Å². The molecular formula is C14H17N3O5. The number of aliphatic carboxylic acids is 1. The van der Waals surface area contributed by atoms with Gasteiger partial charge in [0.05, 0.1) is 17.4 Å². The molecule has 2 rings (SSSR count). The van der Waals surface area contributed by atoms with E-state index in [0.717, 1.165) is 0 Å². The van der Waals surface area contributed by atoms with Crippen LogP contribution in [0.4, 0.5) is 11.4 Å². The van der Waals surface area contributed by atoms with Gasteiger partial charge in [-0.15, -0.1) is 0 Å². The van der Waals surface area contributed by atoms with Gasteiger partial charge >= 0.3 is 5.97 Å². The number of amides is 1. The van der Waals surface area contributed by atoms with Crippen molar-refractivity contribution in [2.45, 2.75) is 25.3 Å². The Labute approximate surface area is 126 Å². The zero-order chi connectivity index (χ0) is 16.1. The van der Waals surface area contributed by atoms with Crippen molar-refractivity contribution in [2.75, 3.05) is 11.9 Å². The van der Waals surface area contributed by atoms with Crippen LogP contribution in [0.5, 0.6) is 0 Å². The maximum Gasteiger partial charge on any atom is 0.306 e. The molecule has 0 spiro atoms. The normalized spacial score (nSPS) is 20.4. The summed E-state index contributed by atoms with van der Waals surface area (Å²) in [4.78, 5) is 33.0. The van der Waals surface area contributed by atoms with Crippen molar-refractivity contribution in [3.05, 3.63) is 34.4 Å². The Balaban J connectivity index is 1.84. The summed E-state index contributed by atoms with van der Waals surface area (Å²) in [5.74, 6) is -1.56. The van der Waals surface area contributed by atoms with Gasteiger partial charge in [-0.2, -0.15) is 0 Å². The number of hydrogen-bond donors (Lipinski definition) is 3. The number of rotatable bonds is 6. The number of para-hydroxylation sites is 2. The van der Waals surface area contributed by atoms with Gasteiger partial charge in [0.2, 0.25) is 5.91 Å². The fourth-order valence-corrected chi connectivity index (χ4v) is 2.57. The van der Waals surface area contributed by atoms with Crippen LogP contribution < -0.4 is 10.6 Å². The molecule has 0 heterocycles. The van der Waals surface area contributed by atoms with Crippen LogP contribution >= 0.6 is 0 Å². The first-order chi connectivity index (χ1) is 10.5. The number of hydrogen-bond acceptors (Lipinski definition) is 5. The van der Waals surface area contributed by atoms with Crippen molar-refractivity contribution < 1.29 is 19.6 Å². The highest BCUT2D eigenvalue weighted by Crippen LogP contribution is 2.26. The van der Waals surface area contributed by atoms with E-state index in [0.29, 0.717) is 19.3 Å². The Bertz CT molecular complexity index is 590. The number of nitro groups is 1. The third-order valence-electron chi connectivity index (χ3n) is 3.69. The Morgan fingerprint density at radius 3 is 2.68 bits per heavy atom.